The SMILES string of the molecule is CC(NC(=O)NCC(C)(O)c1cnn(C)c1)c1ccccc1Cl. The zero-order valence-corrected chi connectivity index (χ0v) is 14.1. The molecular formula is C16H21ClN4O2. The Labute approximate surface area is 140 Å². The molecule has 0 aliphatic rings. The first-order chi connectivity index (χ1) is 10.8. The summed E-state index contributed by atoms with van der Waals surface area (Å²) < 4.78 is 1.60. The molecule has 2 atom stereocenters. The van der Waals surface area contributed by atoms with Crippen LogP contribution in [0.25, 0.3) is 0 Å². The van der Waals surface area contributed by atoms with E-state index in [-0.39, 0.29) is 18.6 Å². The zero-order valence-electron chi connectivity index (χ0n) is 13.4. The lowest BCUT2D eigenvalue weighted by Gasteiger charge is -2.23. The fraction of sp³-hybridized carbons (Fsp3) is 0.375. The quantitative estimate of drug-likeness (QED) is 0.784. The highest BCUT2D eigenvalue weighted by Gasteiger charge is 2.25. The smallest absolute Gasteiger partial charge is 0.315 e. The monoisotopic (exact) mass is 336 g/mol. The van der Waals surface area contributed by atoms with Crippen LogP contribution < -0.4 is 10.6 Å². The Bertz CT molecular complexity index is 684. The molecule has 2 unspecified atom stereocenters. The highest BCUT2D eigenvalue weighted by molar-refractivity contribution is 6.31. The molecule has 6 nitrogen and oxygen atoms in total. The molecule has 2 aromatic rings. The summed E-state index contributed by atoms with van der Waals surface area (Å²) in [6.07, 6.45) is 3.29. The van der Waals surface area contributed by atoms with E-state index in [0.29, 0.717) is 10.6 Å². The Balaban J connectivity index is 1.91. The van der Waals surface area contributed by atoms with Crippen LogP contribution >= 0.6 is 11.6 Å². The van der Waals surface area contributed by atoms with Crippen molar-refractivity contribution in [3.05, 3.63) is 52.8 Å². The van der Waals surface area contributed by atoms with Crippen LogP contribution in [0.3, 0.4) is 0 Å². The van der Waals surface area contributed by atoms with Crippen molar-refractivity contribution in [3.63, 3.8) is 0 Å². The molecule has 2 rings (SSSR count). The third-order valence-corrected chi connectivity index (χ3v) is 3.98. The van der Waals surface area contributed by atoms with Crippen LogP contribution in [-0.4, -0.2) is 27.5 Å². The summed E-state index contributed by atoms with van der Waals surface area (Å²) in [5, 5.41) is 20.5. The minimum Gasteiger partial charge on any atom is -0.383 e. The van der Waals surface area contributed by atoms with Crippen molar-refractivity contribution in [2.45, 2.75) is 25.5 Å². The summed E-state index contributed by atoms with van der Waals surface area (Å²) in [7, 11) is 1.77. The lowest BCUT2D eigenvalue weighted by atomic mass is 10.00. The molecule has 0 fully saturated rings. The number of amides is 2. The van der Waals surface area contributed by atoms with Crippen molar-refractivity contribution < 1.29 is 9.90 Å². The minimum atomic E-state index is -1.20. The average molecular weight is 337 g/mol. The van der Waals surface area contributed by atoms with Gasteiger partial charge in [0.2, 0.25) is 0 Å². The number of aliphatic hydroxyl groups is 1. The van der Waals surface area contributed by atoms with Gasteiger partial charge in [-0.25, -0.2) is 4.79 Å². The fourth-order valence-electron chi connectivity index (χ4n) is 2.21. The van der Waals surface area contributed by atoms with E-state index < -0.39 is 5.60 Å². The van der Waals surface area contributed by atoms with Gasteiger partial charge in [-0.3, -0.25) is 4.68 Å². The van der Waals surface area contributed by atoms with E-state index in [2.05, 4.69) is 15.7 Å². The second-order valence-corrected chi connectivity index (χ2v) is 6.15. The highest BCUT2D eigenvalue weighted by atomic mass is 35.5. The van der Waals surface area contributed by atoms with Gasteiger partial charge < -0.3 is 15.7 Å². The van der Waals surface area contributed by atoms with E-state index in [4.69, 9.17) is 11.6 Å². The third-order valence-electron chi connectivity index (χ3n) is 3.64. The molecule has 0 spiro atoms. The van der Waals surface area contributed by atoms with Gasteiger partial charge in [-0.2, -0.15) is 5.10 Å². The second kappa shape index (κ2) is 7.02. The van der Waals surface area contributed by atoms with E-state index in [1.165, 1.54) is 0 Å². The van der Waals surface area contributed by atoms with Crippen molar-refractivity contribution in [1.82, 2.24) is 20.4 Å². The molecule has 23 heavy (non-hydrogen) atoms. The number of aryl methyl sites for hydroxylation is 1. The first-order valence-electron chi connectivity index (χ1n) is 7.30. The van der Waals surface area contributed by atoms with Gasteiger partial charge in [0.15, 0.2) is 0 Å². The predicted molar refractivity (Wildman–Crippen MR) is 89.2 cm³/mol. The molecule has 1 aromatic carbocycles. The molecule has 0 aliphatic heterocycles. The van der Waals surface area contributed by atoms with E-state index in [1.807, 2.05) is 25.1 Å². The maximum absolute atomic E-state index is 12.0. The lowest BCUT2D eigenvalue weighted by Crippen LogP contribution is -2.44. The Morgan fingerprint density at radius 1 is 1.48 bits per heavy atom. The summed E-state index contributed by atoms with van der Waals surface area (Å²) in [5.41, 5.74) is 0.280. The van der Waals surface area contributed by atoms with Gasteiger partial charge in [0.25, 0.3) is 0 Å². The average Bonchev–Trinajstić information content (AvgIpc) is 2.93. The molecule has 0 saturated carbocycles. The van der Waals surface area contributed by atoms with Gasteiger partial charge in [0.1, 0.15) is 5.60 Å². The van der Waals surface area contributed by atoms with Gasteiger partial charge >= 0.3 is 6.03 Å². The Hall–Kier alpha value is -2.05. The summed E-state index contributed by atoms with van der Waals surface area (Å²) in [6, 6.07) is 6.72. The number of nitrogens with one attached hydrogen (secondary N) is 2. The predicted octanol–water partition coefficient (Wildman–Crippen LogP) is 2.34. The number of hydrogen-bond acceptors (Lipinski definition) is 3. The van der Waals surface area contributed by atoms with Crippen LogP contribution in [0.5, 0.6) is 0 Å². The lowest BCUT2D eigenvalue weighted by molar-refractivity contribution is 0.0592. The van der Waals surface area contributed by atoms with Crippen molar-refractivity contribution in [2.75, 3.05) is 6.54 Å². The largest absolute Gasteiger partial charge is 0.383 e. The number of urea groups is 1. The number of halogens is 1. The first-order valence-corrected chi connectivity index (χ1v) is 7.67. The molecule has 3 N–H and O–H groups in total. The second-order valence-electron chi connectivity index (χ2n) is 5.75. The molecule has 0 saturated heterocycles. The summed E-state index contributed by atoms with van der Waals surface area (Å²) in [6.45, 7) is 3.54. The maximum Gasteiger partial charge on any atom is 0.315 e. The summed E-state index contributed by atoms with van der Waals surface area (Å²) >= 11 is 6.11. The van der Waals surface area contributed by atoms with E-state index in [0.717, 1.165) is 5.56 Å². The normalized spacial score (nSPS) is 14.8. The van der Waals surface area contributed by atoms with E-state index in [1.54, 1.807) is 37.1 Å². The van der Waals surface area contributed by atoms with Crippen LogP contribution in [0.1, 0.15) is 31.0 Å². The Kier molecular flexibility index (Phi) is 5.28. The van der Waals surface area contributed by atoms with Crippen molar-refractivity contribution in [2.24, 2.45) is 7.05 Å². The molecule has 7 heteroatoms. The van der Waals surface area contributed by atoms with E-state index in [9.17, 15) is 9.90 Å². The summed E-state index contributed by atoms with van der Waals surface area (Å²) in [5.74, 6) is 0. The van der Waals surface area contributed by atoms with Crippen LogP contribution in [0, 0.1) is 0 Å². The highest BCUT2D eigenvalue weighted by Crippen LogP contribution is 2.22. The Morgan fingerprint density at radius 3 is 2.78 bits per heavy atom. The van der Waals surface area contributed by atoms with Crippen LogP contribution in [0.15, 0.2) is 36.7 Å². The van der Waals surface area contributed by atoms with Crippen molar-refractivity contribution in [3.8, 4) is 0 Å². The number of benzene rings is 1. The van der Waals surface area contributed by atoms with Gasteiger partial charge in [-0.05, 0) is 25.5 Å². The number of aromatic nitrogens is 2. The molecule has 0 bridgehead atoms. The molecule has 0 radical (unpaired) electrons. The number of rotatable bonds is 5. The maximum atomic E-state index is 12.0. The van der Waals surface area contributed by atoms with Crippen molar-refractivity contribution in [1.29, 1.82) is 0 Å². The van der Waals surface area contributed by atoms with Gasteiger partial charge in [-0.15, -0.1) is 0 Å². The number of carbonyl (C=O) groups excluding carboxylic acids is 1. The van der Waals surface area contributed by atoms with E-state index >= 15 is 0 Å². The van der Waals surface area contributed by atoms with Gasteiger partial charge in [-0.1, -0.05) is 29.8 Å². The topological polar surface area (TPSA) is 79.2 Å². The first kappa shape index (κ1) is 17.3. The molecule has 1 heterocycles. The molecule has 1 aromatic heterocycles. The molecule has 0 aliphatic carbocycles. The van der Waals surface area contributed by atoms with Crippen molar-refractivity contribution >= 4 is 17.6 Å². The molecular weight excluding hydrogens is 316 g/mol. The minimum absolute atomic E-state index is 0.0692. The van der Waals surface area contributed by atoms with Crippen LogP contribution in [0.2, 0.25) is 5.02 Å². The Morgan fingerprint density at radius 2 is 2.17 bits per heavy atom. The number of carbonyl (C=O) groups is 1. The zero-order chi connectivity index (χ0) is 17.0. The fourth-order valence-corrected chi connectivity index (χ4v) is 2.50. The summed E-state index contributed by atoms with van der Waals surface area (Å²) in [4.78, 5) is 12.0. The standard InChI is InChI=1S/C16H21ClN4O2/c1-11(13-6-4-5-7-14(13)17)20-15(22)18-10-16(2,23)12-8-19-21(3)9-12/h4-9,11,23H,10H2,1-3H3,(H2,18,20,22). The van der Waals surface area contributed by atoms with Gasteiger partial charge in [0.05, 0.1) is 18.8 Å². The van der Waals surface area contributed by atoms with Gasteiger partial charge in [0, 0.05) is 23.8 Å². The third kappa shape index (κ3) is 4.46. The van der Waals surface area contributed by atoms with Crippen LogP contribution in [-0.2, 0) is 12.6 Å². The number of hydrogen-bond donors (Lipinski definition) is 3. The van der Waals surface area contributed by atoms with Crippen LogP contribution in [0.4, 0.5) is 4.79 Å². The number of nitrogens with zero attached hydrogens (tertiary/aromatic N) is 2. The molecule has 124 valence electrons. The molecule has 2 amide bonds.